The van der Waals surface area contributed by atoms with Gasteiger partial charge in [0, 0.05) is 26.2 Å². The SMILES string of the molecule is Cc1cccc(OCC(=O)N2CCN(S(=O)(=O)c3c(C)nn(Cc4ccccc4)c3C)CC2)c1. The molecule has 0 aliphatic carbocycles. The van der Waals surface area contributed by atoms with E-state index < -0.39 is 10.0 Å². The van der Waals surface area contributed by atoms with E-state index in [-0.39, 0.29) is 30.5 Å². The first kappa shape index (κ1) is 24.0. The fraction of sp³-hybridized carbons (Fsp3) is 0.360. The van der Waals surface area contributed by atoms with Crippen molar-refractivity contribution in [3.05, 3.63) is 77.1 Å². The van der Waals surface area contributed by atoms with Crippen molar-refractivity contribution >= 4 is 15.9 Å². The van der Waals surface area contributed by atoms with Crippen LogP contribution < -0.4 is 4.74 Å². The number of aromatic nitrogens is 2. The molecule has 3 aromatic rings. The number of piperazine rings is 1. The molecule has 1 saturated heterocycles. The Hall–Kier alpha value is -3.17. The number of amides is 1. The summed E-state index contributed by atoms with van der Waals surface area (Å²) in [5.74, 6) is 0.495. The molecule has 1 fully saturated rings. The standard InChI is InChI=1S/C25H30N4O4S/c1-19-8-7-11-23(16-19)33-18-24(30)27-12-14-28(15-13-27)34(31,32)25-20(2)26-29(21(25)3)17-22-9-5-4-6-10-22/h4-11,16H,12-15,17-18H2,1-3H3. The predicted molar refractivity (Wildman–Crippen MR) is 129 cm³/mol. The molecule has 2 aromatic carbocycles. The second-order valence-electron chi connectivity index (χ2n) is 8.53. The number of rotatable bonds is 7. The largest absolute Gasteiger partial charge is 0.484 e. The first-order valence-electron chi connectivity index (χ1n) is 11.3. The highest BCUT2D eigenvalue weighted by Crippen LogP contribution is 2.25. The lowest BCUT2D eigenvalue weighted by Gasteiger charge is -2.34. The maximum atomic E-state index is 13.5. The number of carbonyl (C=O) groups excluding carboxylic acids is 1. The van der Waals surface area contributed by atoms with Crippen LogP contribution in [0.2, 0.25) is 0 Å². The zero-order chi connectivity index (χ0) is 24.3. The quantitative estimate of drug-likeness (QED) is 0.517. The molecule has 8 nitrogen and oxygen atoms in total. The molecule has 2 heterocycles. The number of nitrogens with zero attached hydrogens (tertiary/aromatic N) is 4. The fourth-order valence-electron chi connectivity index (χ4n) is 4.21. The summed E-state index contributed by atoms with van der Waals surface area (Å²) in [6.45, 7) is 7.04. The van der Waals surface area contributed by atoms with Crippen LogP contribution in [0.1, 0.15) is 22.5 Å². The second-order valence-corrected chi connectivity index (χ2v) is 10.4. The number of hydrogen-bond acceptors (Lipinski definition) is 5. The Bertz CT molecular complexity index is 1260. The monoisotopic (exact) mass is 482 g/mol. The van der Waals surface area contributed by atoms with E-state index in [2.05, 4.69) is 5.10 Å². The van der Waals surface area contributed by atoms with Crippen LogP contribution in [0.4, 0.5) is 0 Å². The van der Waals surface area contributed by atoms with Gasteiger partial charge in [0.25, 0.3) is 5.91 Å². The summed E-state index contributed by atoms with van der Waals surface area (Å²) in [5.41, 5.74) is 3.21. The van der Waals surface area contributed by atoms with E-state index in [1.54, 1.807) is 23.4 Å². The number of hydrogen-bond donors (Lipinski definition) is 0. The smallest absolute Gasteiger partial charge is 0.260 e. The van der Waals surface area contributed by atoms with Gasteiger partial charge in [-0.15, -0.1) is 0 Å². The average molecular weight is 483 g/mol. The maximum Gasteiger partial charge on any atom is 0.260 e. The summed E-state index contributed by atoms with van der Waals surface area (Å²) in [6, 6.07) is 17.4. The molecule has 4 rings (SSSR count). The lowest BCUT2D eigenvalue weighted by atomic mass is 10.2. The van der Waals surface area contributed by atoms with Gasteiger partial charge in [-0.3, -0.25) is 9.48 Å². The van der Waals surface area contributed by atoms with Gasteiger partial charge in [0.2, 0.25) is 10.0 Å². The van der Waals surface area contributed by atoms with Gasteiger partial charge in [-0.25, -0.2) is 8.42 Å². The molecule has 180 valence electrons. The van der Waals surface area contributed by atoms with Crippen molar-refractivity contribution < 1.29 is 17.9 Å². The van der Waals surface area contributed by atoms with E-state index in [4.69, 9.17) is 4.74 Å². The third-order valence-corrected chi connectivity index (χ3v) is 8.18. The minimum Gasteiger partial charge on any atom is -0.484 e. The van der Waals surface area contributed by atoms with Crippen LogP contribution in [0.5, 0.6) is 5.75 Å². The van der Waals surface area contributed by atoms with Crippen LogP contribution in [-0.4, -0.2) is 66.1 Å². The van der Waals surface area contributed by atoms with Gasteiger partial charge in [-0.05, 0) is 44.0 Å². The Morgan fingerprint density at radius 2 is 1.68 bits per heavy atom. The Morgan fingerprint density at radius 1 is 0.971 bits per heavy atom. The van der Waals surface area contributed by atoms with Crippen molar-refractivity contribution in [2.24, 2.45) is 0 Å². The molecule has 1 aliphatic heterocycles. The van der Waals surface area contributed by atoms with Crippen LogP contribution in [0.3, 0.4) is 0 Å². The normalized spacial score (nSPS) is 14.9. The van der Waals surface area contributed by atoms with E-state index in [1.165, 1.54) is 4.31 Å². The summed E-state index contributed by atoms with van der Waals surface area (Å²) in [5, 5.41) is 4.50. The Labute approximate surface area is 200 Å². The molecular formula is C25H30N4O4S. The molecule has 9 heteroatoms. The topological polar surface area (TPSA) is 84.7 Å². The molecule has 0 unspecified atom stereocenters. The molecule has 34 heavy (non-hydrogen) atoms. The minimum absolute atomic E-state index is 0.0688. The van der Waals surface area contributed by atoms with E-state index in [0.29, 0.717) is 36.8 Å². The fourth-order valence-corrected chi connectivity index (χ4v) is 6.01. The third kappa shape index (κ3) is 5.15. The zero-order valence-electron chi connectivity index (χ0n) is 19.8. The molecule has 1 aromatic heterocycles. The van der Waals surface area contributed by atoms with E-state index >= 15 is 0 Å². The van der Waals surface area contributed by atoms with Gasteiger partial charge in [0.1, 0.15) is 10.6 Å². The van der Waals surface area contributed by atoms with E-state index in [9.17, 15) is 13.2 Å². The molecule has 1 amide bonds. The van der Waals surface area contributed by atoms with Crippen molar-refractivity contribution in [2.45, 2.75) is 32.2 Å². The van der Waals surface area contributed by atoms with Crippen LogP contribution in [0, 0.1) is 20.8 Å². The predicted octanol–water partition coefficient (Wildman–Crippen LogP) is 2.77. The molecular weight excluding hydrogens is 452 g/mol. The van der Waals surface area contributed by atoms with Crippen LogP contribution in [0.25, 0.3) is 0 Å². The summed E-state index contributed by atoms with van der Waals surface area (Å²) in [4.78, 5) is 14.5. The molecule has 0 bridgehead atoms. The minimum atomic E-state index is -3.72. The summed E-state index contributed by atoms with van der Waals surface area (Å²) >= 11 is 0. The molecule has 0 atom stereocenters. The number of aryl methyl sites for hydroxylation is 2. The highest BCUT2D eigenvalue weighted by Gasteiger charge is 2.34. The van der Waals surface area contributed by atoms with Crippen molar-refractivity contribution in [1.82, 2.24) is 19.0 Å². The number of sulfonamides is 1. The first-order valence-corrected chi connectivity index (χ1v) is 12.7. The maximum absolute atomic E-state index is 13.5. The van der Waals surface area contributed by atoms with Gasteiger partial charge in [0.05, 0.1) is 17.9 Å². The summed E-state index contributed by atoms with van der Waals surface area (Å²) in [6.07, 6.45) is 0. The highest BCUT2D eigenvalue weighted by molar-refractivity contribution is 7.89. The number of carbonyl (C=O) groups is 1. The second kappa shape index (κ2) is 9.99. The van der Waals surface area contributed by atoms with Crippen molar-refractivity contribution in [3.63, 3.8) is 0 Å². The summed E-state index contributed by atoms with van der Waals surface area (Å²) < 4.78 is 35.7. The van der Waals surface area contributed by atoms with Crippen molar-refractivity contribution in [3.8, 4) is 5.75 Å². The zero-order valence-corrected chi connectivity index (χ0v) is 20.6. The van der Waals surface area contributed by atoms with Gasteiger partial charge in [0.15, 0.2) is 6.61 Å². The number of ether oxygens (including phenoxy) is 1. The molecule has 0 saturated carbocycles. The Balaban J connectivity index is 1.39. The lowest BCUT2D eigenvalue weighted by molar-refractivity contribution is -0.134. The average Bonchev–Trinajstić information content (AvgIpc) is 3.11. The van der Waals surface area contributed by atoms with Crippen LogP contribution in [-0.2, 0) is 21.4 Å². The highest BCUT2D eigenvalue weighted by atomic mass is 32.2. The van der Waals surface area contributed by atoms with Crippen molar-refractivity contribution in [2.75, 3.05) is 32.8 Å². The van der Waals surface area contributed by atoms with Crippen LogP contribution in [0.15, 0.2) is 59.5 Å². The Morgan fingerprint density at radius 3 is 2.35 bits per heavy atom. The van der Waals surface area contributed by atoms with Crippen molar-refractivity contribution in [1.29, 1.82) is 0 Å². The van der Waals surface area contributed by atoms with Gasteiger partial charge < -0.3 is 9.64 Å². The van der Waals surface area contributed by atoms with Crippen LogP contribution >= 0.6 is 0 Å². The first-order chi connectivity index (χ1) is 16.3. The molecule has 0 N–H and O–H groups in total. The number of benzene rings is 2. The third-order valence-electron chi connectivity index (χ3n) is 6.03. The van der Waals surface area contributed by atoms with E-state index in [0.717, 1.165) is 11.1 Å². The Kier molecular flexibility index (Phi) is 7.04. The van der Waals surface area contributed by atoms with Gasteiger partial charge in [-0.1, -0.05) is 42.5 Å². The lowest BCUT2D eigenvalue weighted by Crippen LogP contribution is -2.51. The molecule has 1 aliphatic rings. The van der Waals surface area contributed by atoms with E-state index in [1.807, 2.05) is 61.5 Å². The van der Waals surface area contributed by atoms with Gasteiger partial charge >= 0.3 is 0 Å². The van der Waals surface area contributed by atoms with Gasteiger partial charge in [-0.2, -0.15) is 9.40 Å². The molecule has 0 spiro atoms. The summed E-state index contributed by atoms with van der Waals surface area (Å²) in [7, 11) is -3.72. The molecule has 0 radical (unpaired) electrons.